The topological polar surface area (TPSA) is 28.2 Å². The van der Waals surface area contributed by atoms with Crippen molar-refractivity contribution < 1.29 is 0 Å². The van der Waals surface area contributed by atoms with E-state index in [1.165, 1.54) is 12.8 Å². The van der Waals surface area contributed by atoms with Crippen LogP contribution in [-0.4, -0.2) is 24.6 Å². The van der Waals surface area contributed by atoms with Crippen LogP contribution in [0, 0.1) is 0 Å². The van der Waals surface area contributed by atoms with Gasteiger partial charge in [0.1, 0.15) is 5.82 Å². The maximum absolute atomic E-state index is 6.12. The van der Waals surface area contributed by atoms with E-state index in [1.54, 1.807) is 0 Å². The molecule has 0 aliphatic carbocycles. The van der Waals surface area contributed by atoms with Crippen LogP contribution in [-0.2, 0) is 6.54 Å². The molecule has 3 nitrogen and oxygen atoms in total. The average molecular weight is 240 g/mol. The summed E-state index contributed by atoms with van der Waals surface area (Å²) in [7, 11) is 1.92. The first-order valence-electron chi connectivity index (χ1n) is 5.78. The van der Waals surface area contributed by atoms with Gasteiger partial charge in [0, 0.05) is 24.2 Å². The third kappa shape index (κ3) is 2.47. The second-order valence-corrected chi connectivity index (χ2v) is 4.79. The Labute approximate surface area is 102 Å². The fourth-order valence-electron chi connectivity index (χ4n) is 2.23. The minimum Gasteiger partial charge on any atom is -0.354 e. The highest BCUT2D eigenvalue weighted by molar-refractivity contribution is 6.30. The Morgan fingerprint density at radius 1 is 1.56 bits per heavy atom. The molecule has 1 saturated heterocycles. The van der Waals surface area contributed by atoms with E-state index in [2.05, 4.69) is 22.1 Å². The highest BCUT2D eigenvalue weighted by Crippen LogP contribution is 2.26. The molecule has 0 saturated carbocycles. The van der Waals surface area contributed by atoms with E-state index in [4.69, 9.17) is 11.6 Å². The van der Waals surface area contributed by atoms with Crippen LogP contribution in [0.4, 0.5) is 5.82 Å². The number of hydrogen-bond acceptors (Lipinski definition) is 3. The molecule has 1 N–H and O–H groups in total. The molecular weight excluding hydrogens is 222 g/mol. The molecule has 88 valence electrons. The van der Waals surface area contributed by atoms with E-state index in [-0.39, 0.29) is 0 Å². The standard InChI is InChI=1S/C12H18ClN3/c1-9-4-3-5-16(9)12-7-10(13)6-11(15-12)8-14-2/h6-7,9,14H,3-5,8H2,1-2H3/t9-/m1/s1. The second kappa shape index (κ2) is 5.02. The Bertz CT molecular complexity index is 367. The lowest BCUT2D eigenvalue weighted by Crippen LogP contribution is -2.27. The van der Waals surface area contributed by atoms with E-state index >= 15 is 0 Å². The summed E-state index contributed by atoms with van der Waals surface area (Å²) < 4.78 is 0. The number of nitrogens with one attached hydrogen (secondary N) is 1. The number of aromatic nitrogens is 1. The lowest BCUT2D eigenvalue weighted by Gasteiger charge is -2.23. The molecule has 1 aromatic heterocycles. The zero-order valence-corrected chi connectivity index (χ0v) is 10.6. The highest BCUT2D eigenvalue weighted by atomic mass is 35.5. The van der Waals surface area contributed by atoms with Gasteiger partial charge in [0.15, 0.2) is 0 Å². The second-order valence-electron chi connectivity index (χ2n) is 4.35. The van der Waals surface area contributed by atoms with Crippen molar-refractivity contribution in [3.8, 4) is 0 Å². The zero-order valence-electron chi connectivity index (χ0n) is 9.83. The molecule has 2 heterocycles. The van der Waals surface area contributed by atoms with E-state index in [9.17, 15) is 0 Å². The minimum atomic E-state index is 0.577. The summed E-state index contributed by atoms with van der Waals surface area (Å²) >= 11 is 6.12. The van der Waals surface area contributed by atoms with Gasteiger partial charge >= 0.3 is 0 Å². The van der Waals surface area contributed by atoms with E-state index in [1.807, 2.05) is 19.2 Å². The maximum Gasteiger partial charge on any atom is 0.130 e. The van der Waals surface area contributed by atoms with Gasteiger partial charge < -0.3 is 10.2 Å². The smallest absolute Gasteiger partial charge is 0.130 e. The van der Waals surface area contributed by atoms with Gasteiger partial charge in [-0.15, -0.1) is 0 Å². The molecule has 0 bridgehead atoms. The Morgan fingerprint density at radius 3 is 3.00 bits per heavy atom. The molecule has 1 fully saturated rings. The lowest BCUT2D eigenvalue weighted by atomic mass is 10.2. The van der Waals surface area contributed by atoms with Crippen molar-refractivity contribution in [2.75, 3.05) is 18.5 Å². The maximum atomic E-state index is 6.12. The number of anilines is 1. The molecule has 1 aliphatic heterocycles. The van der Waals surface area contributed by atoms with Crippen molar-refractivity contribution in [1.29, 1.82) is 0 Å². The third-order valence-electron chi connectivity index (χ3n) is 3.03. The van der Waals surface area contributed by atoms with Crippen LogP contribution in [0.2, 0.25) is 5.02 Å². The van der Waals surface area contributed by atoms with Gasteiger partial charge in [-0.2, -0.15) is 0 Å². The summed E-state index contributed by atoms with van der Waals surface area (Å²) in [5.41, 5.74) is 1.00. The number of hydrogen-bond donors (Lipinski definition) is 1. The highest BCUT2D eigenvalue weighted by Gasteiger charge is 2.21. The van der Waals surface area contributed by atoms with Crippen molar-refractivity contribution in [1.82, 2.24) is 10.3 Å². The van der Waals surface area contributed by atoms with Gasteiger partial charge in [-0.05, 0) is 38.9 Å². The lowest BCUT2D eigenvalue weighted by molar-refractivity contribution is 0.720. The Kier molecular flexibility index (Phi) is 3.66. The molecule has 0 unspecified atom stereocenters. The Morgan fingerprint density at radius 2 is 2.38 bits per heavy atom. The fourth-order valence-corrected chi connectivity index (χ4v) is 2.45. The number of nitrogens with zero attached hydrogens (tertiary/aromatic N) is 2. The van der Waals surface area contributed by atoms with Crippen molar-refractivity contribution in [3.63, 3.8) is 0 Å². The summed E-state index contributed by atoms with van der Waals surface area (Å²) in [6.45, 7) is 4.09. The number of halogens is 1. The summed E-state index contributed by atoms with van der Waals surface area (Å²) in [5, 5.41) is 3.87. The molecule has 0 aromatic carbocycles. The van der Waals surface area contributed by atoms with Crippen LogP contribution in [0.25, 0.3) is 0 Å². The third-order valence-corrected chi connectivity index (χ3v) is 3.25. The Balaban J connectivity index is 2.25. The molecule has 16 heavy (non-hydrogen) atoms. The summed E-state index contributed by atoms with van der Waals surface area (Å²) in [6, 6.07) is 4.46. The van der Waals surface area contributed by atoms with Gasteiger partial charge in [0.2, 0.25) is 0 Å². The first kappa shape index (κ1) is 11.7. The van der Waals surface area contributed by atoms with Crippen LogP contribution in [0.5, 0.6) is 0 Å². The van der Waals surface area contributed by atoms with Crippen LogP contribution < -0.4 is 10.2 Å². The van der Waals surface area contributed by atoms with E-state index in [0.29, 0.717) is 6.04 Å². The summed E-state index contributed by atoms with van der Waals surface area (Å²) in [6.07, 6.45) is 2.49. The SMILES string of the molecule is CNCc1cc(Cl)cc(N2CCC[C@H]2C)n1. The molecule has 1 aromatic rings. The molecule has 1 atom stereocenters. The van der Waals surface area contributed by atoms with E-state index < -0.39 is 0 Å². The van der Waals surface area contributed by atoms with Gasteiger partial charge in [-0.1, -0.05) is 11.6 Å². The minimum absolute atomic E-state index is 0.577. The molecule has 4 heteroatoms. The van der Waals surface area contributed by atoms with Gasteiger partial charge in [-0.25, -0.2) is 4.98 Å². The Hall–Kier alpha value is -0.800. The number of rotatable bonds is 3. The van der Waals surface area contributed by atoms with Crippen LogP contribution in [0.3, 0.4) is 0 Å². The summed E-state index contributed by atoms with van der Waals surface area (Å²) in [5.74, 6) is 1.02. The predicted octanol–water partition coefficient (Wildman–Crippen LogP) is 2.44. The van der Waals surface area contributed by atoms with Gasteiger partial charge in [0.05, 0.1) is 5.69 Å². The molecule has 0 amide bonds. The molecule has 2 rings (SSSR count). The predicted molar refractivity (Wildman–Crippen MR) is 68.1 cm³/mol. The van der Waals surface area contributed by atoms with Crippen LogP contribution >= 0.6 is 11.6 Å². The normalized spacial score (nSPS) is 20.4. The van der Waals surface area contributed by atoms with Gasteiger partial charge in [-0.3, -0.25) is 0 Å². The molecule has 0 radical (unpaired) electrons. The first-order valence-corrected chi connectivity index (χ1v) is 6.16. The average Bonchev–Trinajstić information content (AvgIpc) is 2.64. The number of pyridine rings is 1. The van der Waals surface area contributed by atoms with Crippen molar-refractivity contribution in [2.24, 2.45) is 0 Å². The van der Waals surface area contributed by atoms with Gasteiger partial charge in [0.25, 0.3) is 0 Å². The van der Waals surface area contributed by atoms with Crippen molar-refractivity contribution >= 4 is 17.4 Å². The van der Waals surface area contributed by atoms with Crippen molar-refractivity contribution in [3.05, 3.63) is 22.8 Å². The molecule has 1 aliphatic rings. The van der Waals surface area contributed by atoms with Crippen molar-refractivity contribution in [2.45, 2.75) is 32.4 Å². The first-order chi connectivity index (χ1) is 7.70. The molecular formula is C12H18ClN3. The fraction of sp³-hybridized carbons (Fsp3) is 0.583. The van der Waals surface area contributed by atoms with Crippen LogP contribution in [0.15, 0.2) is 12.1 Å². The quantitative estimate of drug-likeness (QED) is 0.878. The zero-order chi connectivity index (χ0) is 11.5. The van der Waals surface area contributed by atoms with E-state index in [0.717, 1.165) is 29.6 Å². The largest absolute Gasteiger partial charge is 0.354 e. The molecule has 0 spiro atoms. The van der Waals surface area contributed by atoms with Crippen LogP contribution in [0.1, 0.15) is 25.5 Å². The monoisotopic (exact) mass is 239 g/mol. The summed E-state index contributed by atoms with van der Waals surface area (Å²) in [4.78, 5) is 6.97.